The van der Waals surface area contributed by atoms with E-state index in [4.69, 9.17) is 11.6 Å². The molecule has 1 rings (SSSR count). The van der Waals surface area contributed by atoms with E-state index in [1.807, 2.05) is 0 Å². The normalized spacial score (nSPS) is 15.6. The highest BCUT2D eigenvalue weighted by atomic mass is 35.5. The van der Waals surface area contributed by atoms with Gasteiger partial charge in [0.2, 0.25) is 5.91 Å². The molecule has 0 aromatic carbocycles. The van der Waals surface area contributed by atoms with E-state index in [1.165, 1.54) is 12.8 Å². The van der Waals surface area contributed by atoms with Gasteiger partial charge in [0.05, 0.1) is 0 Å². The number of nitrogens with zero attached hydrogens (tertiary/aromatic N) is 1. The molecule has 2 nitrogen and oxygen atoms in total. The summed E-state index contributed by atoms with van der Waals surface area (Å²) in [6, 6.07) is 0.568. The molecule has 0 aromatic heterocycles. The van der Waals surface area contributed by atoms with Crippen molar-refractivity contribution in [3.8, 4) is 0 Å². The molecule has 0 bridgehead atoms. The number of unbranched alkanes of at least 4 members (excludes halogenated alkanes) is 1. The molecule has 0 spiro atoms. The van der Waals surface area contributed by atoms with Crippen molar-refractivity contribution in [3.63, 3.8) is 0 Å². The second kappa shape index (κ2) is 6.28. The Labute approximate surface area is 91.6 Å². The van der Waals surface area contributed by atoms with Crippen LogP contribution >= 0.6 is 11.6 Å². The highest BCUT2D eigenvalue weighted by Crippen LogP contribution is 2.27. The van der Waals surface area contributed by atoms with Crippen molar-refractivity contribution < 1.29 is 4.79 Å². The van der Waals surface area contributed by atoms with Crippen LogP contribution in [0.15, 0.2) is 0 Å². The molecule has 0 N–H and O–H groups in total. The van der Waals surface area contributed by atoms with Crippen LogP contribution in [0, 0.1) is 0 Å². The van der Waals surface area contributed by atoms with Crippen molar-refractivity contribution >= 4 is 17.5 Å². The van der Waals surface area contributed by atoms with Crippen molar-refractivity contribution in [1.82, 2.24) is 4.90 Å². The van der Waals surface area contributed by atoms with E-state index < -0.39 is 0 Å². The minimum absolute atomic E-state index is 0.333. The van der Waals surface area contributed by atoms with Gasteiger partial charge in [0, 0.05) is 24.9 Å². The third-order valence-corrected chi connectivity index (χ3v) is 2.81. The van der Waals surface area contributed by atoms with E-state index in [2.05, 4.69) is 11.8 Å². The summed E-state index contributed by atoms with van der Waals surface area (Å²) in [4.78, 5) is 13.8. The van der Waals surface area contributed by atoms with Gasteiger partial charge in [0.1, 0.15) is 0 Å². The first-order valence-electron chi connectivity index (χ1n) is 5.65. The van der Waals surface area contributed by atoms with Gasteiger partial charge in [-0.2, -0.15) is 0 Å². The molecule has 0 atom stereocenters. The minimum atomic E-state index is 0.333. The maximum Gasteiger partial charge on any atom is 0.222 e. The van der Waals surface area contributed by atoms with Gasteiger partial charge in [-0.3, -0.25) is 4.79 Å². The number of halogens is 1. The van der Waals surface area contributed by atoms with Crippen LogP contribution in [0.4, 0.5) is 0 Å². The summed E-state index contributed by atoms with van der Waals surface area (Å²) in [5, 5.41) is 0. The number of carbonyl (C=O) groups is 1. The van der Waals surface area contributed by atoms with E-state index in [0.717, 1.165) is 25.8 Å². The SMILES string of the molecule is CCCN(C(=O)CCCCCl)C1CC1. The average Bonchev–Trinajstić information content (AvgIpc) is 2.98. The van der Waals surface area contributed by atoms with Gasteiger partial charge in [-0.05, 0) is 32.1 Å². The lowest BCUT2D eigenvalue weighted by atomic mass is 10.2. The number of rotatable bonds is 7. The molecule has 14 heavy (non-hydrogen) atoms. The summed E-state index contributed by atoms with van der Waals surface area (Å²) >= 11 is 5.58. The van der Waals surface area contributed by atoms with Crippen molar-refractivity contribution in [1.29, 1.82) is 0 Å². The minimum Gasteiger partial charge on any atom is -0.340 e. The third kappa shape index (κ3) is 3.87. The summed E-state index contributed by atoms with van der Waals surface area (Å²) in [7, 11) is 0. The predicted molar refractivity (Wildman–Crippen MR) is 59.6 cm³/mol. The van der Waals surface area contributed by atoms with Crippen LogP contribution < -0.4 is 0 Å². The Hall–Kier alpha value is -0.240. The van der Waals surface area contributed by atoms with Crippen molar-refractivity contribution in [3.05, 3.63) is 0 Å². The standard InChI is InChI=1S/C11H20ClNO/c1-2-9-13(10-6-7-10)11(14)5-3-4-8-12/h10H,2-9H2,1H3. The Bertz CT molecular complexity index is 180. The number of carbonyl (C=O) groups excluding carboxylic acids is 1. The smallest absolute Gasteiger partial charge is 0.222 e. The van der Waals surface area contributed by atoms with Gasteiger partial charge < -0.3 is 4.90 Å². The summed E-state index contributed by atoms with van der Waals surface area (Å²) in [6.07, 6.45) is 6.07. The summed E-state index contributed by atoms with van der Waals surface area (Å²) in [5.74, 6) is 1.00. The molecule has 1 amide bonds. The first-order valence-corrected chi connectivity index (χ1v) is 6.18. The number of hydrogen-bond donors (Lipinski definition) is 0. The van der Waals surface area contributed by atoms with E-state index in [0.29, 0.717) is 24.2 Å². The molecular formula is C11H20ClNO. The Morgan fingerprint density at radius 3 is 2.64 bits per heavy atom. The average molecular weight is 218 g/mol. The molecular weight excluding hydrogens is 198 g/mol. The van der Waals surface area contributed by atoms with Crippen LogP contribution in [0.2, 0.25) is 0 Å². The molecule has 82 valence electrons. The molecule has 1 aliphatic rings. The van der Waals surface area contributed by atoms with Gasteiger partial charge in [-0.25, -0.2) is 0 Å². The van der Waals surface area contributed by atoms with Gasteiger partial charge in [0.15, 0.2) is 0 Å². The maximum absolute atomic E-state index is 11.8. The highest BCUT2D eigenvalue weighted by molar-refractivity contribution is 6.17. The van der Waals surface area contributed by atoms with Gasteiger partial charge in [-0.15, -0.1) is 11.6 Å². The fourth-order valence-corrected chi connectivity index (χ4v) is 1.84. The zero-order chi connectivity index (χ0) is 10.4. The Kier molecular flexibility index (Phi) is 5.31. The molecule has 1 saturated carbocycles. The van der Waals surface area contributed by atoms with Crippen LogP contribution in [0.1, 0.15) is 45.4 Å². The van der Waals surface area contributed by atoms with Crippen LogP contribution in [-0.2, 0) is 4.79 Å². The monoisotopic (exact) mass is 217 g/mol. The van der Waals surface area contributed by atoms with Gasteiger partial charge in [-0.1, -0.05) is 6.92 Å². The summed E-state index contributed by atoms with van der Waals surface area (Å²) in [5.41, 5.74) is 0. The summed E-state index contributed by atoms with van der Waals surface area (Å²) < 4.78 is 0. The Morgan fingerprint density at radius 1 is 1.43 bits per heavy atom. The molecule has 0 saturated heterocycles. The third-order valence-electron chi connectivity index (χ3n) is 2.55. The highest BCUT2D eigenvalue weighted by Gasteiger charge is 2.31. The quantitative estimate of drug-likeness (QED) is 0.475. The first-order chi connectivity index (χ1) is 6.79. The predicted octanol–water partition coefficient (Wildman–Crippen LogP) is 2.80. The van der Waals surface area contributed by atoms with E-state index >= 15 is 0 Å². The fourth-order valence-electron chi connectivity index (χ4n) is 1.65. The van der Waals surface area contributed by atoms with Crippen molar-refractivity contribution in [2.75, 3.05) is 12.4 Å². The molecule has 0 unspecified atom stereocenters. The number of alkyl halides is 1. The Morgan fingerprint density at radius 2 is 2.14 bits per heavy atom. The Balaban J connectivity index is 2.23. The van der Waals surface area contributed by atoms with E-state index in [1.54, 1.807) is 0 Å². The van der Waals surface area contributed by atoms with Crippen LogP contribution in [-0.4, -0.2) is 29.3 Å². The molecule has 1 fully saturated rings. The topological polar surface area (TPSA) is 20.3 Å². The lowest BCUT2D eigenvalue weighted by Crippen LogP contribution is -2.33. The lowest BCUT2D eigenvalue weighted by Gasteiger charge is -2.21. The zero-order valence-electron chi connectivity index (χ0n) is 8.97. The van der Waals surface area contributed by atoms with E-state index in [9.17, 15) is 4.79 Å². The fraction of sp³-hybridized carbons (Fsp3) is 0.909. The second-order valence-electron chi connectivity index (χ2n) is 3.96. The zero-order valence-corrected chi connectivity index (χ0v) is 9.72. The molecule has 0 aliphatic heterocycles. The van der Waals surface area contributed by atoms with Gasteiger partial charge >= 0.3 is 0 Å². The van der Waals surface area contributed by atoms with E-state index in [-0.39, 0.29) is 0 Å². The summed E-state index contributed by atoms with van der Waals surface area (Å²) in [6.45, 7) is 3.06. The second-order valence-corrected chi connectivity index (χ2v) is 4.34. The van der Waals surface area contributed by atoms with Crippen LogP contribution in [0.25, 0.3) is 0 Å². The van der Waals surface area contributed by atoms with Crippen LogP contribution in [0.3, 0.4) is 0 Å². The molecule has 1 aliphatic carbocycles. The molecule has 0 radical (unpaired) electrons. The largest absolute Gasteiger partial charge is 0.340 e. The van der Waals surface area contributed by atoms with Gasteiger partial charge in [0.25, 0.3) is 0 Å². The van der Waals surface area contributed by atoms with Crippen LogP contribution in [0.5, 0.6) is 0 Å². The number of hydrogen-bond acceptors (Lipinski definition) is 1. The molecule has 0 aromatic rings. The lowest BCUT2D eigenvalue weighted by molar-refractivity contribution is -0.131. The van der Waals surface area contributed by atoms with Crippen molar-refractivity contribution in [2.45, 2.75) is 51.5 Å². The van der Waals surface area contributed by atoms with Crippen molar-refractivity contribution in [2.24, 2.45) is 0 Å². The maximum atomic E-state index is 11.8. The first kappa shape index (κ1) is 11.8. The molecule has 3 heteroatoms. The molecule has 0 heterocycles. The number of amides is 1.